The molecule has 0 aromatic carbocycles. The number of nitrogens with zero attached hydrogens (tertiary/aromatic N) is 1. The highest BCUT2D eigenvalue weighted by molar-refractivity contribution is 7.85. The topological polar surface area (TPSA) is 58.3 Å². The molecule has 0 spiro atoms. The number of alkyl halides is 1. The summed E-state index contributed by atoms with van der Waals surface area (Å²) in [5.74, 6) is -0.259. The van der Waals surface area contributed by atoms with E-state index in [1.165, 1.54) is 0 Å². The first-order valence-corrected chi connectivity index (χ1v) is 6.11. The molecule has 1 N–H and O–H groups in total. The lowest BCUT2D eigenvalue weighted by molar-refractivity contribution is -0.696. The summed E-state index contributed by atoms with van der Waals surface area (Å²) in [5.41, 5.74) is 0.584. The van der Waals surface area contributed by atoms with Crippen molar-refractivity contribution in [3.05, 3.63) is 30.1 Å². The summed E-state index contributed by atoms with van der Waals surface area (Å²) >= 11 is 0. The van der Waals surface area contributed by atoms with Crippen LogP contribution in [-0.4, -0.2) is 18.7 Å². The SMILES string of the molecule is O=S(=O)(O)CCC[n+]1ccc(CF)cc1. The predicted octanol–water partition coefficient (Wildman–Crippen LogP) is 0.721. The van der Waals surface area contributed by atoms with Gasteiger partial charge in [-0.05, 0) is 5.56 Å². The molecule has 15 heavy (non-hydrogen) atoms. The number of hydrogen-bond acceptors (Lipinski definition) is 2. The first kappa shape index (κ1) is 12.1. The van der Waals surface area contributed by atoms with Gasteiger partial charge in [-0.3, -0.25) is 4.55 Å². The summed E-state index contributed by atoms with van der Waals surface area (Å²) in [4.78, 5) is 0. The van der Waals surface area contributed by atoms with Crippen LogP contribution in [0.25, 0.3) is 0 Å². The van der Waals surface area contributed by atoms with E-state index in [1.807, 2.05) is 0 Å². The van der Waals surface area contributed by atoms with E-state index in [1.54, 1.807) is 29.1 Å². The Hall–Kier alpha value is -1.01. The maximum absolute atomic E-state index is 12.1. The standard InChI is InChI=1S/C9H12FNO3S/c10-8-9-2-5-11(6-3-9)4-1-7-15(12,13)14/h2-3,5-6H,1,4,7-8H2/p+1. The summed E-state index contributed by atoms with van der Waals surface area (Å²) in [6.45, 7) is -0.0295. The van der Waals surface area contributed by atoms with Crippen LogP contribution in [0.3, 0.4) is 0 Å². The van der Waals surface area contributed by atoms with Crippen molar-refractivity contribution in [2.24, 2.45) is 0 Å². The first-order valence-electron chi connectivity index (χ1n) is 4.50. The molecule has 0 aliphatic carbocycles. The van der Waals surface area contributed by atoms with Crippen LogP contribution in [0.4, 0.5) is 4.39 Å². The molecule has 0 radical (unpaired) electrons. The number of rotatable bonds is 5. The molecule has 1 heterocycles. The molecule has 0 aliphatic rings. The molecule has 0 bridgehead atoms. The number of halogens is 1. The number of pyridine rings is 1. The van der Waals surface area contributed by atoms with Crippen LogP contribution in [0.15, 0.2) is 24.5 Å². The Balaban J connectivity index is 2.45. The molecular formula is C9H13FNO3S+. The Labute approximate surface area is 88.1 Å². The summed E-state index contributed by atoms with van der Waals surface area (Å²) in [5, 5.41) is 0. The fourth-order valence-electron chi connectivity index (χ4n) is 1.16. The molecule has 0 saturated carbocycles. The first-order chi connectivity index (χ1) is 7.01. The van der Waals surface area contributed by atoms with Crippen molar-refractivity contribution in [3.8, 4) is 0 Å². The molecule has 1 rings (SSSR count). The molecule has 0 aliphatic heterocycles. The van der Waals surface area contributed by atoms with Crippen molar-refractivity contribution in [3.63, 3.8) is 0 Å². The predicted molar refractivity (Wildman–Crippen MR) is 52.5 cm³/mol. The molecule has 1 aromatic rings. The van der Waals surface area contributed by atoms with E-state index in [9.17, 15) is 12.8 Å². The van der Waals surface area contributed by atoms with Crippen LogP contribution >= 0.6 is 0 Å². The van der Waals surface area contributed by atoms with Crippen molar-refractivity contribution in [2.45, 2.75) is 19.6 Å². The zero-order valence-corrected chi connectivity index (χ0v) is 8.95. The summed E-state index contributed by atoms with van der Waals surface area (Å²) in [7, 11) is -3.88. The third-order valence-electron chi connectivity index (χ3n) is 1.93. The third kappa shape index (κ3) is 4.85. The third-order valence-corrected chi connectivity index (χ3v) is 2.74. The van der Waals surface area contributed by atoms with Crippen molar-refractivity contribution >= 4 is 10.1 Å². The van der Waals surface area contributed by atoms with Crippen LogP contribution in [0, 0.1) is 0 Å². The summed E-state index contributed by atoms with van der Waals surface area (Å²) in [6, 6.07) is 3.26. The van der Waals surface area contributed by atoms with Crippen LogP contribution < -0.4 is 4.57 Å². The molecule has 0 unspecified atom stereocenters. The Morgan fingerprint density at radius 1 is 1.33 bits per heavy atom. The minimum absolute atomic E-state index is 0.259. The van der Waals surface area contributed by atoms with Crippen LogP contribution in [0.5, 0.6) is 0 Å². The molecular weight excluding hydrogens is 221 g/mol. The average Bonchev–Trinajstić information content (AvgIpc) is 2.17. The minimum atomic E-state index is -3.88. The normalized spacial score (nSPS) is 11.6. The number of hydrogen-bond donors (Lipinski definition) is 1. The van der Waals surface area contributed by atoms with Crippen LogP contribution in [-0.2, 0) is 23.3 Å². The van der Waals surface area contributed by atoms with Crippen molar-refractivity contribution < 1.29 is 21.9 Å². The highest BCUT2D eigenvalue weighted by atomic mass is 32.2. The second-order valence-corrected chi connectivity index (χ2v) is 4.79. The van der Waals surface area contributed by atoms with E-state index in [2.05, 4.69) is 0 Å². The zero-order chi connectivity index (χ0) is 11.3. The zero-order valence-electron chi connectivity index (χ0n) is 8.13. The number of aromatic nitrogens is 1. The molecule has 1 aromatic heterocycles. The van der Waals surface area contributed by atoms with Gasteiger partial charge >= 0.3 is 0 Å². The van der Waals surface area contributed by atoms with Crippen LogP contribution in [0.1, 0.15) is 12.0 Å². The second-order valence-electron chi connectivity index (χ2n) is 3.22. The van der Waals surface area contributed by atoms with E-state index >= 15 is 0 Å². The van der Waals surface area contributed by atoms with Gasteiger partial charge < -0.3 is 0 Å². The van der Waals surface area contributed by atoms with Crippen molar-refractivity contribution in [2.75, 3.05) is 5.75 Å². The lowest BCUT2D eigenvalue weighted by Crippen LogP contribution is -2.33. The molecule has 0 fully saturated rings. The quantitative estimate of drug-likeness (QED) is 0.603. The van der Waals surface area contributed by atoms with Gasteiger partial charge in [-0.25, -0.2) is 8.96 Å². The molecule has 6 heteroatoms. The lowest BCUT2D eigenvalue weighted by Gasteiger charge is -1.97. The molecule has 0 atom stereocenters. The van der Waals surface area contributed by atoms with Gasteiger partial charge in [0.05, 0.1) is 5.75 Å². The Kier molecular flexibility index (Phi) is 4.16. The fraction of sp³-hybridized carbons (Fsp3) is 0.444. The van der Waals surface area contributed by atoms with Gasteiger partial charge in [-0.1, -0.05) is 0 Å². The van der Waals surface area contributed by atoms with Gasteiger partial charge in [0.15, 0.2) is 12.4 Å². The fourth-order valence-corrected chi connectivity index (χ4v) is 1.65. The highest BCUT2D eigenvalue weighted by Gasteiger charge is 2.07. The Morgan fingerprint density at radius 2 is 1.93 bits per heavy atom. The summed E-state index contributed by atoms with van der Waals surface area (Å²) in [6.07, 6.45) is 3.69. The maximum Gasteiger partial charge on any atom is 0.265 e. The van der Waals surface area contributed by atoms with Gasteiger partial charge in [0.25, 0.3) is 10.1 Å². The maximum atomic E-state index is 12.1. The average molecular weight is 234 g/mol. The summed E-state index contributed by atoms with van der Waals surface area (Å²) < 4.78 is 43.2. The van der Waals surface area contributed by atoms with E-state index in [4.69, 9.17) is 4.55 Å². The van der Waals surface area contributed by atoms with Gasteiger partial charge in [0, 0.05) is 18.6 Å². The van der Waals surface area contributed by atoms with Gasteiger partial charge in [-0.2, -0.15) is 8.42 Å². The van der Waals surface area contributed by atoms with E-state index in [0.29, 0.717) is 18.5 Å². The van der Waals surface area contributed by atoms with Gasteiger partial charge in [-0.15, -0.1) is 0 Å². The van der Waals surface area contributed by atoms with E-state index in [-0.39, 0.29) is 5.75 Å². The molecule has 84 valence electrons. The molecule has 0 saturated heterocycles. The lowest BCUT2D eigenvalue weighted by atomic mass is 10.3. The Bertz CT molecular complexity index is 402. The highest BCUT2D eigenvalue weighted by Crippen LogP contribution is 1.97. The Morgan fingerprint density at radius 3 is 2.40 bits per heavy atom. The van der Waals surface area contributed by atoms with Crippen molar-refractivity contribution in [1.29, 1.82) is 0 Å². The largest absolute Gasteiger partial charge is 0.286 e. The van der Waals surface area contributed by atoms with Gasteiger partial charge in [0.1, 0.15) is 13.2 Å². The van der Waals surface area contributed by atoms with Crippen LogP contribution in [0.2, 0.25) is 0 Å². The van der Waals surface area contributed by atoms with E-state index in [0.717, 1.165) is 0 Å². The molecule has 0 amide bonds. The van der Waals surface area contributed by atoms with E-state index < -0.39 is 16.8 Å². The second kappa shape index (κ2) is 5.18. The minimum Gasteiger partial charge on any atom is -0.286 e. The van der Waals surface area contributed by atoms with Crippen molar-refractivity contribution in [1.82, 2.24) is 0 Å². The molecule has 4 nitrogen and oxygen atoms in total. The monoisotopic (exact) mass is 234 g/mol. The van der Waals surface area contributed by atoms with Gasteiger partial charge in [0.2, 0.25) is 0 Å². The smallest absolute Gasteiger partial charge is 0.265 e. The number of aryl methyl sites for hydroxylation is 1.